The van der Waals surface area contributed by atoms with Crippen molar-refractivity contribution in [2.75, 3.05) is 13.1 Å². The Kier molecular flexibility index (Phi) is 3.62. The standard InChI is InChI=1S/C10H14ClNO/c1-3-6-12(7-9-4-5-9)10(13)8(2)11/h1,8-9H,4-7H2,2H3. The van der Waals surface area contributed by atoms with E-state index in [1.165, 1.54) is 12.8 Å². The third kappa shape index (κ3) is 3.28. The predicted molar refractivity (Wildman–Crippen MR) is 53.5 cm³/mol. The Hall–Kier alpha value is -0.680. The number of hydrogen-bond acceptors (Lipinski definition) is 1. The van der Waals surface area contributed by atoms with E-state index in [9.17, 15) is 4.79 Å². The second-order valence-corrected chi connectivity index (χ2v) is 4.14. The van der Waals surface area contributed by atoms with Gasteiger partial charge in [-0.2, -0.15) is 0 Å². The summed E-state index contributed by atoms with van der Waals surface area (Å²) in [5.41, 5.74) is 0. The summed E-state index contributed by atoms with van der Waals surface area (Å²) >= 11 is 5.70. The maximum absolute atomic E-state index is 11.5. The van der Waals surface area contributed by atoms with Crippen molar-refractivity contribution < 1.29 is 4.79 Å². The fourth-order valence-corrected chi connectivity index (χ4v) is 1.34. The Balaban J connectivity index is 2.45. The normalized spacial score (nSPS) is 17.6. The largest absolute Gasteiger partial charge is 0.330 e. The average molecular weight is 200 g/mol. The zero-order chi connectivity index (χ0) is 9.84. The molecule has 0 spiro atoms. The smallest absolute Gasteiger partial charge is 0.241 e. The highest BCUT2D eigenvalue weighted by Gasteiger charge is 2.27. The van der Waals surface area contributed by atoms with E-state index in [4.69, 9.17) is 18.0 Å². The van der Waals surface area contributed by atoms with Gasteiger partial charge in [-0.15, -0.1) is 18.0 Å². The van der Waals surface area contributed by atoms with E-state index in [1.54, 1.807) is 11.8 Å². The lowest BCUT2D eigenvalue weighted by Gasteiger charge is -2.21. The van der Waals surface area contributed by atoms with Gasteiger partial charge in [0.25, 0.3) is 0 Å². The van der Waals surface area contributed by atoms with Gasteiger partial charge in [0.2, 0.25) is 5.91 Å². The molecule has 0 heterocycles. The second kappa shape index (κ2) is 4.53. The molecule has 0 bridgehead atoms. The van der Waals surface area contributed by atoms with E-state index in [-0.39, 0.29) is 5.91 Å². The quantitative estimate of drug-likeness (QED) is 0.496. The minimum absolute atomic E-state index is 0.0495. The highest BCUT2D eigenvalue weighted by Crippen LogP contribution is 2.29. The average Bonchev–Trinajstić information content (AvgIpc) is 2.86. The molecule has 1 aliphatic rings. The molecule has 0 aliphatic heterocycles. The van der Waals surface area contributed by atoms with Crippen LogP contribution in [0.4, 0.5) is 0 Å². The number of nitrogens with zero attached hydrogens (tertiary/aromatic N) is 1. The highest BCUT2D eigenvalue weighted by atomic mass is 35.5. The molecule has 1 rings (SSSR count). The topological polar surface area (TPSA) is 20.3 Å². The molecule has 1 aliphatic carbocycles. The van der Waals surface area contributed by atoms with Crippen LogP contribution in [0.2, 0.25) is 0 Å². The summed E-state index contributed by atoms with van der Waals surface area (Å²) in [5, 5.41) is -0.466. The molecule has 0 N–H and O–H groups in total. The van der Waals surface area contributed by atoms with Crippen molar-refractivity contribution in [2.24, 2.45) is 5.92 Å². The SMILES string of the molecule is C#CCN(CC1CC1)C(=O)C(C)Cl. The molecule has 1 atom stereocenters. The first kappa shape index (κ1) is 10.4. The summed E-state index contributed by atoms with van der Waals surface area (Å²) in [4.78, 5) is 13.2. The molecule has 3 heteroatoms. The molecular weight excluding hydrogens is 186 g/mol. The van der Waals surface area contributed by atoms with E-state index in [1.807, 2.05) is 0 Å². The lowest BCUT2D eigenvalue weighted by atomic mass is 10.3. The zero-order valence-electron chi connectivity index (χ0n) is 7.79. The van der Waals surface area contributed by atoms with E-state index < -0.39 is 5.38 Å². The zero-order valence-corrected chi connectivity index (χ0v) is 8.55. The molecule has 0 radical (unpaired) electrons. The van der Waals surface area contributed by atoms with E-state index in [2.05, 4.69) is 5.92 Å². The lowest BCUT2D eigenvalue weighted by Crippen LogP contribution is -2.37. The first-order valence-electron chi connectivity index (χ1n) is 4.51. The summed E-state index contributed by atoms with van der Waals surface area (Å²) in [5.74, 6) is 3.09. The Morgan fingerprint density at radius 3 is 2.77 bits per heavy atom. The number of terminal acetylenes is 1. The van der Waals surface area contributed by atoms with Gasteiger partial charge in [-0.1, -0.05) is 5.92 Å². The van der Waals surface area contributed by atoms with Crippen molar-refractivity contribution in [3.63, 3.8) is 0 Å². The van der Waals surface area contributed by atoms with E-state index in [0.717, 1.165) is 6.54 Å². The van der Waals surface area contributed by atoms with Crippen LogP contribution in [0.5, 0.6) is 0 Å². The van der Waals surface area contributed by atoms with Gasteiger partial charge in [-0.05, 0) is 25.7 Å². The van der Waals surface area contributed by atoms with Crippen LogP contribution < -0.4 is 0 Å². The number of alkyl halides is 1. The van der Waals surface area contributed by atoms with Crippen LogP contribution in [0.3, 0.4) is 0 Å². The Morgan fingerprint density at radius 2 is 2.38 bits per heavy atom. The van der Waals surface area contributed by atoms with Crippen molar-refractivity contribution in [3.05, 3.63) is 0 Å². The summed E-state index contributed by atoms with van der Waals surface area (Å²) in [6.45, 7) is 2.84. The molecule has 0 aromatic heterocycles. The molecule has 13 heavy (non-hydrogen) atoms. The fourth-order valence-electron chi connectivity index (χ4n) is 1.21. The van der Waals surface area contributed by atoms with Gasteiger partial charge in [0.1, 0.15) is 5.38 Å². The predicted octanol–water partition coefficient (Wildman–Crippen LogP) is 1.49. The van der Waals surface area contributed by atoms with E-state index >= 15 is 0 Å². The van der Waals surface area contributed by atoms with Gasteiger partial charge in [-0.3, -0.25) is 4.79 Å². The summed E-state index contributed by atoms with van der Waals surface area (Å²) in [6, 6.07) is 0. The summed E-state index contributed by atoms with van der Waals surface area (Å²) in [7, 11) is 0. The van der Waals surface area contributed by atoms with Crippen molar-refractivity contribution in [3.8, 4) is 12.3 Å². The maximum atomic E-state index is 11.5. The monoisotopic (exact) mass is 199 g/mol. The third-order valence-corrected chi connectivity index (χ3v) is 2.30. The molecule has 0 aromatic carbocycles. The highest BCUT2D eigenvalue weighted by molar-refractivity contribution is 6.30. The van der Waals surface area contributed by atoms with Crippen LogP contribution in [0, 0.1) is 18.3 Å². The van der Waals surface area contributed by atoms with Crippen molar-refractivity contribution >= 4 is 17.5 Å². The maximum Gasteiger partial charge on any atom is 0.241 e. The molecule has 1 unspecified atom stereocenters. The van der Waals surface area contributed by atoms with Crippen molar-refractivity contribution in [2.45, 2.75) is 25.1 Å². The lowest BCUT2D eigenvalue weighted by molar-refractivity contribution is -0.130. The third-order valence-electron chi connectivity index (χ3n) is 2.11. The number of amides is 1. The minimum atomic E-state index is -0.466. The van der Waals surface area contributed by atoms with Crippen LogP contribution >= 0.6 is 11.6 Å². The van der Waals surface area contributed by atoms with Gasteiger partial charge in [0.15, 0.2) is 0 Å². The number of hydrogen-bond donors (Lipinski definition) is 0. The molecule has 1 saturated carbocycles. The second-order valence-electron chi connectivity index (χ2n) is 3.48. The summed E-state index contributed by atoms with van der Waals surface area (Å²) in [6.07, 6.45) is 7.60. The molecule has 0 saturated heterocycles. The van der Waals surface area contributed by atoms with Gasteiger partial charge < -0.3 is 4.90 Å². The first-order valence-corrected chi connectivity index (χ1v) is 4.95. The van der Waals surface area contributed by atoms with Gasteiger partial charge in [0, 0.05) is 6.54 Å². The minimum Gasteiger partial charge on any atom is -0.330 e. The Morgan fingerprint density at radius 1 is 1.77 bits per heavy atom. The Bertz CT molecular complexity index is 228. The molecule has 0 aromatic rings. The van der Waals surface area contributed by atoms with Crippen LogP contribution in [0.1, 0.15) is 19.8 Å². The van der Waals surface area contributed by atoms with Crippen LogP contribution in [-0.2, 0) is 4.79 Å². The van der Waals surface area contributed by atoms with Gasteiger partial charge >= 0.3 is 0 Å². The molecule has 1 fully saturated rings. The van der Waals surface area contributed by atoms with E-state index in [0.29, 0.717) is 12.5 Å². The summed E-state index contributed by atoms with van der Waals surface area (Å²) < 4.78 is 0. The molecular formula is C10H14ClNO. The Labute approximate surface area is 84.2 Å². The fraction of sp³-hybridized carbons (Fsp3) is 0.700. The molecule has 72 valence electrons. The number of carbonyl (C=O) groups excluding carboxylic acids is 1. The van der Waals surface area contributed by atoms with Crippen LogP contribution in [-0.4, -0.2) is 29.3 Å². The number of halogens is 1. The molecule has 1 amide bonds. The van der Waals surface area contributed by atoms with Crippen molar-refractivity contribution in [1.82, 2.24) is 4.90 Å². The number of carbonyl (C=O) groups is 1. The van der Waals surface area contributed by atoms with Gasteiger partial charge in [0.05, 0.1) is 6.54 Å². The molecule has 2 nitrogen and oxygen atoms in total. The number of rotatable bonds is 4. The van der Waals surface area contributed by atoms with Gasteiger partial charge in [-0.25, -0.2) is 0 Å². The van der Waals surface area contributed by atoms with Crippen molar-refractivity contribution in [1.29, 1.82) is 0 Å². The van der Waals surface area contributed by atoms with Crippen LogP contribution in [0.15, 0.2) is 0 Å². The first-order chi connectivity index (χ1) is 6.15. The van der Waals surface area contributed by atoms with Crippen LogP contribution in [0.25, 0.3) is 0 Å².